The van der Waals surface area contributed by atoms with Crippen molar-refractivity contribution in [3.63, 3.8) is 0 Å². The lowest BCUT2D eigenvalue weighted by atomic mass is 10.2. The number of rotatable bonds is 3. The van der Waals surface area contributed by atoms with Gasteiger partial charge < -0.3 is 15.4 Å². The van der Waals surface area contributed by atoms with Crippen LogP contribution in [-0.4, -0.2) is 26.3 Å². The fourth-order valence-corrected chi connectivity index (χ4v) is 2.26. The Bertz CT molecular complexity index is 704. The summed E-state index contributed by atoms with van der Waals surface area (Å²) in [6, 6.07) is 1.21. The zero-order valence-electron chi connectivity index (χ0n) is 9.76. The Labute approximate surface area is 111 Å². The highest BCUT2D eigenvalue weighted by molar-refractivity contribution is 7.11. The van der Waals surface area contributed by atoms with Crippen molar-refractivity contribution in [2.45, 2.75) is 6.92 Å². The lowest BCUT2D eigenvalue weighted by Crippen LogP contribution is -2.21. The molecule has 0 saturated carbocycles. The van der Waals surface area contributed by atoms with Gasteiger partial charge in [0.2, 0.25) is 0 Å². The molecule has 7 nitrogen and oxygen atoms in total. The second-order valence-electron chi connectivity index (χ2n) is 3.65. The molecule has 0 aliphatic carbocycles. The van der Waals surface area contributed by atoms with E-state index in [0.29, 0.717) is 5.69 Å². The van der Waals surface area contributed by atoms with Crippen LogP contribution in [0.1, 0.15) is 26.4 Å². The Morgan fingerprint density at radius 1 is 1.47 bits per heavy atom. The molecule has 2 rings (SSSR count). The normalized spacial score (nSPS) is 10.2. The van der Waals surface area contributed by atoms with Gasteiger partial charge in [-0.15, -0.1) is 0 Å². The molecule has 0 fully saturated rings. The maximum atomic E-state index is 11.9. The number of aromatic carboxylic acids is 1. The highest BCUT2D eigenvalue weighted by Gasteiger charge is 2.20. The zero-order chi connectivity index (χ0) is 14.0. The van der Waals surface area contributed by atoms with E-state index in [0.717, 1.165) is 11.5 Å². The van der Waals surface area contributed by atoms with Gasteiger partial charge in [0.05, 0.1) is 5.69 Å². The average molecular weight is 279 g/mol. The van der Waals surface area contributed by atoms with Crippen LogP contribution in [0.2, 0.25) is 0 Å². The molecular weight excluding hydrogens is 270 g/mol. The highest BCUT2D eigenvalue weighted by Crippen LogP contribution is 2.24. The van der Waals surface area contributed by atoms with Crippen LogP contribution in [0.5, 0.6) is 0 Å². The third-order valence-electron chi connectivity index (χ3n) is 2.37. The molecule has 0 aromatic carbocycles. The van der Waals surface area contributed by atoms with Gasteiger partial charge in [0.1, 0.15) is 16.1 Å². The summed E-state index contributed by atoms with van der Waals surface area (Å²) in [5, 5.41) is 11.5. The Balaban J connectivity index is 2.33. The maximum absolute atomic E-state index is 11.9. The zero-order valence-corrected chi connectivity index (χ0v) is 10.6. The molecule has 0 spiro atoms. The molecule has 0 radical (unpaired) electrons. The summed E-state index contributed by atoms with van der Waals surface area (Å²) in [6.07, 6.45) is 2.66. The minimum Gasteiger partial charge on any atom is -0.478 e. The van der Waals surface area contributed by atoms with E-state index in [1.54, 1.807) is 0 Å². The first-order chi connectivity index (χ1) is 9.00. The first-order valence-corrected chi connectivity index (χ1v) is 5.96. The van der Waals surface area contributed by atoms with E-state index in [-0.39, 0.29) is 16.1 Å². The van der Waals surface area contributed by atoms with E-state index in [9.17, 15) is 14.4 Å². The second-order valence-corrected chi connectivity index (χ2v) is 4.43. The summed E-state index contributed by atoms with van der Waals surface area (Å²) in [5.41, 5.74) is -0.292. The standard InChI is InChI=1S/C11H9N3O4S/c1-5-8(11(17)18)10(19-14-5)13-9(16)6-4-12-3-2-7(6)15/h2-4H,1H3,(H,12,15)(H,13,16)(H,17,18). The lowest BCUT2D eigenvalue weighted by molar-refractivity contribution is 0.0697. The summed E-state index contributed by atoms with van der Waals surface area (Å²) in [5.74, 6) is -1.85. The van der Waals surface area contributed by atoms with E-state index in [4.69, 9.17) is 5.11 Å². The van der Waals surface area contributed by atoms with Crippen LogP contribution in [0.3, 0.4) is 0 Å². The number of carboxylic acids is 1. The van der Waals surface area contributed by atoms with Crippen LogP contribution in [0.4, 0.5) is 5.00 Å². The van der Waals surface area contributed by atoms with E-state index >= 15 is 0 Å². The van der Waals surface area contributed by atoms with Gasteiger partial charge in [0.15, 0.2) is 5.43 Å². The number of nitrogens with one attached hydrogen (secondary N) is 2. The van der Waals surface area contributed by atoms with Gasteiger partial charge >= 0.3 is 5.97 Å². The minimum atomic E-state index is -1.18. The van der Waals surface area contributed by atoms with Crippen LogP contribution < -0.4 is 10.7 Å². The van der Waals surface area contributed by atoms with E-state index in [2.05, 4.69) is 14.7 Å². The van der Waals surface area contributed by atoms with Crippen molar-refractivity contribution < 1.29 is 14.7 Å². The van der Waals surface area contributed by atoms with Crippen molar-refractivity contribution in [3.8, 4) is 0 Å². The van der Waals surface area contributed by atoms with E-state index < -0.39 is 17.3 Å². The predicted octanol–water partition coefficient (Wildman–Crippen LogP) is 1.09. The molecule has 0 aliphatic rings. The number of pyridine rings is 1. The molecule has 2 aromatic heterocycles. The van der Waals surface area contributed by atoms with E-state index in [1.807, 2.05) is 0 Å². The number of carbonyl (C=O) groups excluding carboxylic acids is 1. The second kappa shape index (κ2) is 5.02. The van der Waals surface area contributed by atoms with Crippen molar-refractivity contribution in [2.75, 3.05) is 5.32 Å². The minimum absolute atomic E-state index is 0.0642. The van der Waals surface area contributed by atoms with Gasteiger partial charge in [-0.2, -0.15) is 4.37 Å². The maximum Gasteiger partial charge on any atom is 0.340 e. The molecule has 98 valence electrons. The summed E-state index contributed by atoms with van der Waals surface area (Å²) >= 11 is 0.858. The molecule has 8 heteroatoms. The number of aromatic nitrogens is 2. The SMILES string of the molecule is Cc1nsc(NC(=O)c2c[nH]ccc2=O)c1C(=O)O. The van der Waals surface area contributed by atoms with Gasteiger partial charge in [0.25, 0.3) is 5.91 Å². The van der Waals surface area contributed by atoms with Gasteiger partial charge in [-0.3, -0.25) is 9.59 Å². The van der Waals surface area contributed by atoms with Gasteiger partial charge in [-0.05, 0) is 18.5 Å². The Kier molecular flexibility index (Phi) is 3.43. The molecular formula is C11H9N3O4S. The quantitative estimate of drug-likeness (QED) is 0.778. The Morgan fingerprint density at radius 2 is 2.21 bits per heavy atom. The lowest BCUT2D eigenvalue weighted by Gasteiger charge is -2.02. The molecule has 19 heavy (non-hydrogen) atoms. The van der Waals surface area contributed by atoms with Gasteiger partial charge in [0, 0.05) is 18.5 Å². The van der Waals surface area contributed by atoms with Crippen molar-refractivity contribution in [1.82, 2.24) is 9.36 Å². The largest absolute Gasteiger partial charge is 0.478 e. The smallest absolute Gasteiger partial charge is 0.340 e. The Hall–Kier alpha value is -2.48. The summed E-state index contributed by atoms with van der Waals surface area (Å²) in [4.78, 5) is 37.0. The number of aryl methyl sites for hydroxylation is 1. The topological polar surface area (TPSA) is 112 Å². The summed E-state index contributed by atoms with van der Waals surface area (Å²) in [6.45, 7) is 1.53. The first kappa shape index (κ1) is 13.0. The van der Waals surface area contributed by atoms with E-state index in [1.165, 1.54) is 25.4 Å². The number of aromatic amines is 1. The molecule has 2 heterocycles. The van der Waals surface area contributed by atoms with Crippen LogP contribution in [0.25, 0.3) is 0 Å². The average Bonchev–Trinajstić information content (AvgIpc) is 2.70. The third kappa shape index (κ3) is 2.52. The van der Waals surface area contributed by atoms with Crippen molar-refractivity contribution in [3.05, 3.63) is 45.5 Å². The molecule has 0 aliphatic heterocycles. The van der Waals surface area contributed by atoms with Gasteiger partial charge in [-0.25, -0.2) is 4.79 Å². The number of hydrogen-bond acceptors (Lipinski definition) is 5. The highest BCUT2D eigenvalue weighted by atomic mass is 32.1. The van der Waals surface area contributed by atoms with Crippen LogP contribution in [0, 0.1) is 6.92 Å². The monoisotopic (exact) mass is 279 g/mol. The van der Waals surface area contributed by atoms with Crippen LogP contribution >= 0.6 is 11.5 Å². The fraction of sp³-hybridized carbons (Fsp3) is 0.0909. The predicted molar refractivity (Wildman–Crippen MR) is 68.8 cm³/mol. The molecule has 0 atom stereocenters. The van der Waals surface area contributed by atoms with Crippen LogP contribution in [-0.2, 0) is 0 Å². The number of nitrogens with zero attached hydrogens (tertiary/aromatic N) is 1. The van der Waals surface area contributed by atoms with Crippen LogP contribution in [0.15, 0.2) is 23.3 Å². The molecule has 3 N–H and O–H groups in total. The molecule has 0 bridgehead atoms. The molecule has 0 saturated heterocycles. The van der Waals surface area contributed by atoms with Crippen molar-refractivity contribution >= 4 is 28.4 Å². The number of anilines is 1. The number of carboxylic acid groups (broad SMARTS) is 1. The third-order valence-corrected chi connectivity index (χ3v) is 3.23. The van der Waals surface area contributed by atoms with Crippen molar-refractivity contribution in [1.29, 1.82) is 0 Å². The summed E-state index contributed by atoms with van der Waals surface area (Å²) in [7, 11) is 0. The number of hydrogen-bond donors (Lipinski definition) is 3. The molecule has 1 amide bonds. The first-order valence-electron chi connectivity index (χ1n) is 5.18. The van der Waals surface area contributed by atoms with Crippen molar-refractivity contribution in [2.24, 2.45) is 0 Å². The Morgan fingerprint density at radius 3 is 2.84 bits per heavy atom. The number of amides is 1. The summed E-state index contributed by atoms with van der Waals surface area (Å²) < 4.78 is 3.87. The molecule has 0 unspecified atom stereocenters. The van der Waals surface area contributed by atoms with Gasteiger partial charge in [-0.1, -0.05) is 0 Å². The number of H-pyrrole nitrogens is 1. The molecule has 2 aromatic rings. The number of carbonyl (C=O) groups is 2. The fourth-order valence-electron chi connectivity index (χ4n) is 1.47.